The van der Waals surface area contributed by atoms with E-state index < -0.39 is 0 Å². The summed E-state index contributed by atoms with van der Waals surface area (Å²) in [5.41, 5.74) is 4.34. The molecule has 0 spiro atoms. The third-order valence-electron chi connectivity index (χ3n) is 4.14. The molecule has 0 atom stereocenters. The lowest BCUT2D eigenvalue weighted by Gasteiger charge is -2.18. The number of ketones is 1. The van der Waals surface area contributed by atoms with Crippen molar-refractivity contribution in [2.75, 3.05) is 0 Å². The molecular weight excluding hydrogens is 316 g/mol. The minimum Gasteiger partial charge on any atom is -0.270 e. The molecule has 0 fully saturated rings. The second-order valence-corrected chi connectivity index (χ2v) is 8.48. The molecule has 0 aliphatic rings. The highest BCUT2D eigenvalue weighted by molar-refractivity contribution is 6.09. The first-order valence-corrected chi connectivity index (χ1v) is 8.85. The molecule has 0 saturated carbocycles. The van der Waals surface area contributed by atoms with E-state index in [0.29, 0.717) is 0 Å². The van der Waals surface area contributed by atoms with Crippen LogP contribution >= 0.6 is 0 Å². The molecule has 0 aromatic heterocycles. The summed E-state index contributed by atoms with van der Waals surface area (Å²) in [5, 5.41) is 0. The number of hydrogen-bond acceptors (Lipinski definition) is 1. The van der Waals surface area contributed by atoms with Gasteiger partial charge in [-0.05, 0) is 58.1 Å². The Balaban J connectivity index is 2.06. The summed E-state index contributed by atoms with van der Waals surface area (Å²) in [5.74, 6) is 10.6. The third kappa shape index (κ3) is 5.65. The van der Waals surface area contributed by atoms with Gasteiger partial charge in [-0.15, -0.1) is 0 Å². The van der Waals surface area contributed by atoms with E-state index in [9.17, 15) is 4.79 Å². The first kappa shape index (κ1) is 19.6. The van der Waals surface area contributed by atoms with Gasteiger partial charge in [-0.3, -0.25) is 4.79 Å². The van der Waals surface area contributed by atoms with E-state index in [-0.39, 0.29) is 16.6 Å². The number of carbonyl (C=O) groups is 1. The van der Waals surface area contributed by atoms with Crippen LogP contribution in [0.4, 0.5) is 0 Å². The van der Waals surface area contributed by atoms with Crippen molar-refractivity contribution in [1.29, 1.82) is 0 Å². The van der Waals surface area contributed by atoms with Crippen LogP contribution in [0.25, 0.3) is 0 Å². The van der Waals surface area contributed by atoms with Gasteiger partial charge in [-0.2, -0.15) is 0 Å². The molecule has 0 heterocycles. The molecule has 2 rings (SSSR count). The normalized spacial score (nSPS) is 11.0. The van der Waals surface area contributed by atoms with Crippen LogP contribution in [0.3, 0.4) is 0 Å². The van der Waals surface area contributed by atoms with E-state index in [1.165, 1.54) is 11.1 Å². The Hall–Kier alpha value is -2.77. The fourth-order valence-electron chi connectivity index (χ4n) is 2.40. The Bertz CT molecular complexity index is 814. The van der Waals surface area contributed by atoms with Crippen molar-refractivity contribution in [1.82, 2.24) is 0 Å². The third-order valence-corrected chi connectivity index (χ3v) is 4.14. The molecule has 2 aromatic carbocycles. The van der Waals surface area contributed by atoms with Crippen molar-refractivity contribution >= 4 is 5.78 Å². The zero-order valence-corrected chi connectivity index (χ0v) is 16.5. The molecule has 0 amide bonds. The van der Waals surface area contributed by atoms with Crippen LogP contribution in [0.15, 0.2) is 48.5 Å². The minimum absolute atomic E-state index is 0.107. The number of Topliss-reactive ketones (excluding diaryl/α,β-unsaturated/α-hetero) is 1. The van der Waals surface area contributed by atoms with E-state index in [1.54, 1.807) is 0 Å². The molecule has 26 heavy (non-hydrogen) atoms. The van der Waals surface area contributed by atoms with Gasteiger partial charge in [-0.1, -0.05) is 77.6 Å². The number of benzene rings is 2. The largest absolute Gasteiger partial charge is 0.279 e. The molecule has 0 unspecified atom stereocenters. The first-order valence-electron chi connectivity index (χ1n) is 8.85. The summed E-state index contributed by atoms with van der Waals surface area (Å²) < 4.78 is 0. The van der Waals surface area contributed by atoms with Crippen LogP contribution in [-0.2, 0) is 15.6 Å². The van der Waals surface area contributed by atoms with Crippen molar-refractivity contribution in [2.45, 2.75) is 52.4 Å². The monoisotopic (exact) mass is 342 g/mol. The second-order valence-electron chi connectivity index (χ2n) is 8.48. The quantitative estimate of drug-likeness (QED) is 0.597. The van der Waals surface area contributed by atoms with Crippen LogP contribution in [0, 0.1) is 23.7 Å². The van der Waals surface area contributed by atoms with Crippen LogP contribution < -0.4 is 0 Å². The Morgan fingerprint density at radius 1 is 0.615 bits per heavy atom. The van der Waals surface area contributed by atoms with E-state index >= 15 is 0 Å². The predicted octanol–water partition coefficient (Wildman–Crippen LogP) is 5.25. The summed E-state index contributed by atoms with van der Waals surface area (Å²) in [6, 6.07) is 16.0. The zero-order chi connectivity index (χ0) is 19.4. The maximum Gasteiger partial charge on any atom is 0.279 e. The SMILES string of the molecule is CC(C)(C)c1ccc(C#CC(=O)C#Cc2ccc(C(C)(C)C)cc2)cc1. The van der Waals surface area contributed by atoms with E-state index in [0.717, 1.165) is 11.1 Å². The molecule has 1 heteroatoms. The highest BCUT2D eigenvalue weighted by Crippen LogP contribution is 2.22. The van der Waals surface area contributed by atoms with Crippen LogP contribution in [0.2, 0.25) is 0 Å². The van der Waals surface area contributed by atoms with Crippen molar-refractivity contribution in [3.05, 3.63) is 70.8 Å². The van der Waals surface area contributed by atoms with Crippen molar-refractivity contribution in [2.24, 2.45) is 0 Å². The Kier molecular flexibility index (Phi) is 5.74. The van der Waals surface area contributed by atoms with Crippen LogP contribution in [0.5, 0.6) is 0 Å². The second kappa shape index (κ2) is 7.63. The molecule has 0 radical (unpaired) electrons. The first-order chi connectivity index (χ1) is 12.1. The molecule has 2 aromatic rings. The van der Waals surface area contributed by atoms with E-state index in [1.807, 2.05) is 24.3 Å². The standard InChI is InChI=1S/C25H26O/c1-24(2,3)21-13-7-19(8-14-21)11-17-23(26)18-12-20-9-15-22(16-10-20)25(4,5)6/h7-10,13-16H,1-6H3. The lowest BCUT2D eigenvalue weighted by molar-refractivity contribution is -0.108. The average Bonchev–Trinajstić information content (AvgIpc) is 2.57. The minimum atomic E-state index is -0.371. The average molecular weight is 342 g/mol. The van der Waals surface area contributed by atoms with Crippen molar-refractivity contribution < 1.29 is 4.79 Å². The molecule has 0 aliphatic heterocycles. The number of rotatable bonds is 0. The van der Waals surface area contributed by atoms with Gasteiger partial charge < -0.3 is 0 Å². The predicted molar refractivity (Wildman–Crippen MR) is 109 cm³/mol. The molecule has 0 bridgehead atoms. The van der Waals surface area contributed by atoms with Crippen LogP contribution in [0.1, 0.15) is 63.8 Å². The Labute approximate surface area is 157 Å². The highest BCUT2D eigenvalue weighted by atomic mass is 16.1. The number of hydrogen-bond donors (Lipinski definition) is 0. The van der Waals surface area contributed by atoms with Gasteiger partial charge in [0, 0.05) is 11.1 Å². The van der Waals surface area contributed by atoms with Gasteiger partial charge >= 0.3 is 0 Å². The topological polar surface area (TPSA) is 17.1 Å². The highest BCUT2D eigenvalue weighted by Gasteiger charge is 2.13. The fraction of sp³-hybridized carbons (Fsp3) is 0.320. The summed E-state index contributed by atoms with van der Waals surface area (Å²) in [4.78, 5) is 11.9. The lowest BCUT2D eigenvalue weighted by Crippen LogP contribution is -2.10. The van der Waals surface area contributed by atoms with Crippen molar-refractivity contribution in [3.8, 4) is 23.7 Å². The summed E-state index contributed by atoms with van der Waals surface area (Å²) in [6.45, 7) is 13.0. The zero-order valence-electron chi connectivity index (χ0n) is 16.5. The van der Waals surface area contributed by atoms with Crippen molar-refractivity contribution in [3.63, 3.8) is 0 Å². The van der Waals surface area contributed by atoms with Gasteiger partial charge in [0.25, 0.3) is 5.78 Å². The number of carbonyl (C=O) groups excluding carboxylic acids is 1. The lowest BCUT2D eigenvalue weighted by atomic mass is 9.87. The van der Waals surface area contributed by atoms with Gasteiger partial charge in [0.1, 0.15) is 0 Å². The summed E-state index contributed by atoms with van der Waals surface area (Å²) in [7, 11) is 0. The van der Waals surface area contributed by atoms with E-state index in [4.69, 9.17) is 0 Å². The maximum absolute atomic E-state index is 11.9. The molecular formula is C25H26O. The van der Waals surface area contributed by atoms with Gasteiger partial charge in [-0.25, -0.2) is 0 Å². The van der Waals surface area contributed by atoms with E-state index in [2.05, 4.69) is 89.5 Å². The molecule has 1 nitrogen and oxygen atoms in total. The van der Waals surface area contributed by atoms with Gasteiger partial charge in [0.15, 0.2) is 0 Å². The molecule has 0 saturated heterocycles. The Morgan fingerprint density at radius 3 is 1.19 bits per heavy atom. The molecule has 132 valence electrons. The smallest absolute Gasteiger partial charge is 0.270 e. The van der Waals surface area contributed by atoms with Gasteiger partial charge in [0.2, 0.25) is 0 Å². The summed E-state index contributed by atoms with van der Waals surface area (Å²) in [6.07, 6.45) is 0. The Morgan fingerprint density at radius 2 is 0.923 bits per heavy atom. The van der Waals surface area contributed by atoms with Crippen LogP contribution in [-0.4, -0.2) is 5.78 Å². The summed E-state index contributed by atoms with van der Waals surface area (Å²) >= 11 is 0. The molecule has 0 aliphatic carbocycles. The molecule has 0 N–H and O–H groups in total. The van der Waals surface area contributed by atoms with Gasteiger partial charge in [0.05, 0.1) is 0 Å². The maximum atomic E-state index is 11.9. The fourth-order valence-corrected chi connectivity index (χ4v) is 2.40.